The predicted molar refractivity (Wildman–Crippen MR) is 70.6 cm³/mol. The molecule has 0 aromatic heterocycles. The van der Waals surface area contributed by atoms with Crippen LogP contribution in [0.25, 0.3) is 0 Å². The maximum absolute atomic E-state index is 11.2. The summed E-state index contributed by atoms with van der Waals surface area (Å²) in [6.07, 6.45) is -0.431. The molecule has 0 unspecified atom stereocenters. The fourth-order valence-electron chi connectivity index (χ4n) is 1.75. The summed E-state index contributed by atoms with van der Waals surface area (Å²) < 4.78 is 4.61. The van der Waals surface area contributed by atoms with E-state index >= 15 is 0 Å². The van der Waals surface area contributed by atoms with Gasteiger partial charge in [0.1, 0.15) is 0 Å². The fourth-order valence-corrected chi connectivity index (χ4v) is 1.75. The first-order chi connectivity index (χ1) is 7.75. The smallest absolute Gasteiger partial charge is 0.411 e. The SMILES string of the molecule is COC(=O)Nc1c(C)cc(C(C)(C)C)cc1C. The van der Waals surface area contributed by atoms with Gasteiger partial charge >= 0.3 is 6.09 Å². The second-order valence-electron chi connectivity index (χ2n) is 5.35. The number of rotatable bonds is 1. The summed E-state index contributed by atoms with van der Waals surface area (Å²) in [6, 6.07) is 4.22. The van der Waals surface area contributed by atoms with Crippen LogP contribution in [-0.2, 0) is 10.2 Å². The van der Waals surface area contributed by atoms with Crippen LogP contribution in [-0.4, -0.2) is 13.2 Å². The monoisotopic (exact) mass is 235 g/mol. The van der Waals surface area contributed by atoms with Gasteiger partial charge in [0, 0.05) is 5.69 Å². The first-order valence-corrected chi connectivity index (χ1v) is 5.72. The molecule has 0 fully saturated rings. The third kappa shape index (κ3) is 3.22. The Labute approximate surface area is 103 Å². The zero-order chi connectivity index (χ0) is 13.2. The van der Waals surface area contributed by atoms with E-state index in [9.17, 15) is 4.79 Å². The van der Waals surface area contributed by atoms with Crippen molar-refractivity contribution in [1.82, 2.24) is 0 Å². The Bertz CT molecular complexity index is 407. The van der Waals surface area contributed by atoms with Crippen LogP contribution in [0.5, 0.6) is 0 Å². The number of carbonyl (C=O) groups is 1. The van der Waals surface area contributed by atoms with Crippen LogP contribution in [0, 0.1) is 13.8 Å². The molecule has 94 valence electrons. The molecule has 0 saturated heterocycles. The number of aryl methyl sites for hydroxylation is 2. The number of methoxy groups -OCH3 is 1. The van der Waals surface area contributed by atoms with E-state index in [0.717, 1.165) is 16.8 Å². The highest BCUT2D eigenvalue weighted by molar-refractivity contribution is 5.86. The summed E-state index contributed by atoms with van der Waals surface area (Å²) in [5, 5.41) is 2.75. The molecular formula is C14H21NO2. The molecular weight excluding hydrogens is 214 g/mol. The van der Waals surface area contributed by atoms with Crippen molar-refractivity contribution < 1.29 is 9.53 Å². The third-order valence-electron chi connectivity index (χ3n) is 2.81. The largest absolute Gasteiger partial charge is 0.453 e. The third-order valence-corrected chi connectivity index (χ3v) is 2.81. The number of hydrogen-bond donors (Lipinski definition) is 1. The van der Waals surface area contributed by atoms with E-state index in [1.165, 1.54) is 12.7 Å². The number of amides is 1. The molecule has 0 saturated carbocycles. The number of nitrogens with one attached hydrogen (secondary N) is 1. The molecule has 0 aliphatic heterocycles. The van der Waals surface area contributed by atoms with Crippen molar-refractivity contribution in [2.24, 2.45) is 0 Å². The Hall–Kier alpha value is -1.51. The van der Waals surface area contributed by atoms with Gasteiger partial charge < -0.3 is 4.74 Å². The van der Waals surface area contributed by atoms with Gasteiger partial charge in [-0.1, -0.05) is 32.9 Å². The van der Waals surface area contributed by atoms with Gasteiger partial charge in [0.05, 0.1) is 7.11 Å². The van der Waals surface area contributed by atoms with Crippen molar-refractivity contribution in [2.75, 3.05) is 12.4 Å². The minimum atomic E-state index is -0.431. The predicted octanol–water partition coefficient (Wildman–Crippen LogP) is 3.78. The van der Waals surface area contributed by atoms with Crippen LogP contribution in [0.4, 0.5) is 10.5 Å². The van der Waals surface area contributed by atoms with Gasteiger partial charge in [0.2, 0.25) is 0 Å². The number of benzene rings is 1. The fraction of sp³-hybridized carbons (Fsp3) is 0.500. The van der Waals surface area contributed by atoms with Crippen molar-refractivity contribution in [3.8, 4) is 0 Å². The normalized spacial score (nSPS) is 11.2. The molecule has 1 aromatic carbocycles. The van der Waals surface area contributed by atoms with Crippen molar-refractivity contribution in [2.45, 2.75) is 40.0 Å². The van der Waals surface area contributed by atoms with E-state index in [4.69, 9.17) is 0 Å². The van der Waals surface area contributed by atoms with Crippen molar-refractivity contribution in [3.63, 3.8) is 0 Å². The molecule has 1 rings (SSSR count). The molecule has 1 aromatic rings. The van der Waals surface area contributed by atoms with Gasteiger partial charge in [-0.2, -0.15) is 0 Å². The van der Waals surface area contributed by atoms with E-state index in [1.54, 1.807) is 0 Å². The molecule has 1 N–H and O–H groups in total. The lowest BCUT2D eigenvalue weighted by Crippen LogP contribution is -2.16. The first-order valence-electron chi connectivity index (χ1n) is 5.72. The molecule has 0 radical (unpaired) electrons. The molecule has 17 heavy (non-hydrogen) atoms. The van der Waals surface area contributed by atoms with Crippen molar-refractivity contribution >= 4 is 11.8 Å². The van der Waals surface area contributed by atoms with Crippen LogP contribution in [0.2, 0.25) is 0 Å². The maximum atomic E-state index is 11.2. The summed E-state index contributed by atoms with van der Waals surface area (Å²) in [7, 11) is 1.36. The molecule has 0 heterocycles. The highest BCUT2D eigenvalue weighted by Gasteiger charge is 2.17. The Balaban J connectivity index is 3.15. The molecule has 0 aliphatic rings. The lowest BCUT2D eigenvalue weighted by molar-refractivity contribution is 0.187. The van der Waals surface area contributed by atoms with Crippen molar-refractivity contribution in [3.05, 3.63) is 28.8 Å². The lowest BCUT2D eigenvalue weighted by atomic mass is 9.85. The summed E-state index contributed by atoms with van der Waals surface area (Å²) in [4.78, 5) is 11.2. The van der Waals surface area contributed by atoms with E-state index in [2.05, 4.69) is 43.0 Å². The Morgan fingerprint density at radius 2 is 1.65 bits per heavy atom. The second kappa shape index (κ2) is 4.78. The first kappa shape index (κ1) is 13.6. The zero-order valence-corrected chi connectivity index (χ0v) is 11.5. The molecule has 0 spiro atoms. The van der Waals surface area contributed by atoms with Crippen LogP contribution in [0.3, 0.4) is 0 Å². The second-order valence-corrected chi connectivity index (χ2v) is 5.35. The average Bonchev–Trinajstić information content (AvgIpc) is 2.21. The van der Waals surface area contributed by atoms with Gasteiger partial charge in [0.25, 0.3) is 0 Å². The Kier molecular flexibility index (Phi) is 3.81. The van der Waals surface area contributed by atoms with Crippen LogP contribution < -0.4 is 5.32 Å². The Morgan fingerprint density at radius 3 is 2.00 bits per heavy atom. The number of hydrogen-bond acceptors (Lipinski definition) is 2. The summed E-state index contributed by atoms with van der Waals surface area (Å²) in [5.74, 6) is 0. The van der Waals surface area contributed by atoms with Crippen LogP contribution >= 0.6 is 0 Å². The summed E-state index contributed by atoms with van der Waals surface area (Å²) in [5.41, 5.74) is 4.33. The molecule has 3 heteroatoms. The summed E-state index contributed by atoms with van der Waals surface area (Å²) in [6.45, 7) is 10.5. The van der Waals surface area contributed by atoms with E-state index in [0.29, 0.717) is 0 Å². The van der Waals surface area contributed by atoms with Gasteiger partial charge in [-0.25, -0.2) is 4.79 Å². The standard InChI is InChI=1S/C14H21NO2/c1-9-7-11(14(3,4)5)8-10(2)12(9)15-13(16)17-6/h7-8H,1-6H3,(H,15,16). The van der Waals surface area contributed by atoms with Gasteiger partial charge in [-0.05, 0) is 36.0 Å². The Morgan fingerprint density at radius 1 is 1.18 bits per heavy atom. The molecule has 1 amide bonds. The lowest BCUT2D eigenvalue weighted by Gasteiger charge is -2.22. The summed E-state index contributed by atoms with van der Waals surface area (Å²) >= 11 is 0. The zero-order valence-electron chi connectivity index (χ0n) is 11.5. The topological polar surface area (TPSA) is 38.3 Å². The quantitative estimate of drug-likeness (QED) is 0.804. The van der Waals surface area contributed by atoms with E-state index < -0.39 is 6.09 Å². The average molecular weight is 235 g/mol. The van der Waals surface area contributed by atoms with Gasteiger partial charge in [0.15, 0.2) is 0 Å². The number of anilines is 1. The van der Waals surface area contributed by atoms with Crippen LogP contribution in [0.1, 0.15) is 37.5 Å². The maximum Gasteiger partial charge on any atom is 0.411 e. The minimum absolute atomic E-state index is 0.110. The molecule has 0 atom stereocenters. The van der Waals surface area contributed by atoms with Gasteiger partial charge in [-0.3, -0.25) is 5.32 Å². The van der Waals surface area contributed by atoms with E-state index in [1.807, 2.05) is 13.8 Å². The minimum Gasteiger partial charge on any atom is -0.453 e. The number of carbonyl (C=O) groups excluding carboxylic acids is 1. The van der Waals surface area contributed by atoms with Gasteiger partial charge in [-0.15, -0.1) is 0 Å². The molecule has 3 nitrogen and oxygen atoms in total. The van der Waals surface area contributed by atoms with E-state index in [-0.39, 0.29) is 5.41 Å². The number of ether oxygens (including phenoxy) is 1. The van der Waals surface area contributed by atoms with Crippen LogP contribution in [0.15, 0.2) is 12.1 Å². The molecule has 0 aliphatic carbocycles. The van der Waals surface area contributed by atoms with Crippen molar-refractivity contribution in [1.29, 1.82) is 0 Å². The highest BCUT2D eigenvalue weighted by Crippen LogP contribution is 2.29. The molecule has 0 bridgehead atoms. The highest BCUT2D eigenvalue weighted by atomic mass is 16.5.